The van der Waals surface area contributed by atoms with Crippen molar-refractivity contribution in [3.05, 3.63) is 35.9 Å². The highest BCUT2D eigenvalue weighted by Crippen LogP contribution is 2.21. The molecule has 19 heavy (non-hydrogen) atoms. The standard InChI is InChI=1S/C16H22N2O/c1-3-5-10-19-12-14-11-13-8-6-7-9-15(13)18-16(14)17-4-2/h6-9,11H,3-5,10,12H2,1-2H3,(H,17,18). The fourth-order valence-corrected chi connectivity index (χ4v) is 2.02. The van der Waals surface area contributed by atoms with Gasteiger partial charge in [-0.25, -0.2) is 4.98 Å². The summed E-state index contributed by atoms with van der Waals surface area (Å²) in [6.07, 6.45) is 2.27. The maximum atomic E-state index is 5.72. The predicted octanol–water partition coefficient (Wildman–Crippen LogP) is 3.98. The third kappa shape index (κ3) is 3.67. The first-order valence-electron chi connectivity index (χ1n) is 7.05. The Labute approximate surface area is 115 Å². The van der Waals surface area contributed by atoms with Gasteiger partial charge in [0.25, 0.3) is 0 Å². The second-order valence-corrected chi connectivity index (χ2v) is 4.63. The van der Waals surface area contributed by atoms with Gasteiger partial charge in [-0.1, -0.05) is 31.5 Å². The monoisotopic (exact) mass is 258 g/mol. The molecule has 0 amide bonds. The molecule has 0 aliphatic rings. The van der Waals surface area contributed by atoms with Crippen LogP contribution >= 0.6 is 0 Å². The Balaban J connectivity index is 2.20. The quantitative estimate of drug-likeness (QED) is 0.763. The molecule has 0 aliphatic heterocycles. The second kappa shape index (κ2) is 7.10. The number of benzene rings is 1. The normalized spacial score (nSPS) is 10.8. The number of rotatable bonds is 7. The summed E-state index contributed by atoms with van der Waals surface area (Å²) in [5.41, 5.74) is 2.16. The van der Waals surface area contributed by atoms with Crippen LogP contribution in [-0.2, 0) is 11.3 Å². The van der Waals surface area contributed by atoms with E-state index in [1.807, 2.05) is 18.2 Å². The number of anilines is 1. The summed E-state index contributed by atoms with van der Waals surface area (Å²) in [7, 11) is 0. The molecule has 1 aromatic heterocycles. The number of fused-ring (bicyclic) bond motifs is 1. The van der Waals surface area contributed by atoms with E-state index in [4.69, 9.17) is 4.74 Å². The van der Waals surface area contributed by atoms with E-state index >= 15 is 0 Å². The van der Waals surface area contributed by atoms with Crippen LogP contribution in [0, 0.1) is 0 Å². The lowest BCUT2D eigenvalue weighted by Crippen LogP contribution is -2.05. The molecular formula is C16H22N2O. The summed E-state index contributed by atoms with van der Waals surface area (Å²) in [4.78, 5) is 4.67. The molecule has 0 spiro atoms. The van der Waals surface area contributed by atoms with Gasteiger partial charge in [0.05, 0.1) is 12.1 Å². The van der Waals surface area contributed by atoms with Crippen LogP contribution in [0.3, 0.4) is 0 Å². The molecule has 2 rings (SSSR count). The van der Waals surface area contributed by atoms with Crippen molar-refractivity contribution in [3.8, 4) is 0 Å². The third-order valence-corrected chi connectivity index (χ3v) is 3.05. The smallest absolute Gasteiger partial charge is 0.132 e. The Hall–Kier alpha value is -1.61. The number of nitrogens with zero attached hydrogens (tertiary/aromatic N) is 1. The first-order chi connectivity index (χ1) is 9.35. The van der Waals surface area contributed by atoms with Gasteiger partial charge in [0.2, 0.25) is 0 Å². The Kier molecular flexibility index (Phi) is 5.16. The fourth-order valence-electron chi connectivity index (χ4n) is 2.02. The maximum Gasteiger partial charge on any atom is 0.132 e. The lowest BCUT2D eigenvalue weighted by Gasteiger charge is -2.12. The fraction of sp³-hybridized carbons (Fsp3) is 0.438. The van der Waals surface area contributed by atoms with Crippen LogP contribution in [0.25, 0.3) is 10.9 Å². The second-order valence-electron chi connectivity index (χ2n) is 4.63. The molecule has 0 aliphatic carbocycles. The molecule has 1 heterocycles. The Morgan fingerprint density at radius 1 is 1.21 bits per heavy atom. The van der Waals surface area contributed by atoms with Crippen LogP contribution in [0.2, 0.25) is 0 Å². The molecule has 102 valence electrons. The van der Waals surface area contributed by atoms with Crippen LogP contribution in [0.4, 0.5) is 5.82 Å². The van der Waals surface area contributed by atoms with E-state index in [1.165, 1.54) is 5.39 Å². The SMILES string of the molecule is CCCCOCc1cc2ccccc2nc1NCC. The third-order valence-electron chi connectivity index (χ3n) is 3.05. The number of hydrogen-bond donors (Lipinski definition) is 1. The van der Waals surface area contributed by atoms with Crippen molar-refractivity contribution in [2.24, 2.45) is 0 Å². The summed E-state index contributed by atoms with van der Waals surface area (Å²) < 4.78 is 5.72. The van der Waals surface area contributed by atoms with Crippen molar-refractivity contribution in [3.63, 3.8) is 0 Å². The average Bonchev–Trinajstić information content (AvgIpc) is 2.44. The first-order valence-corrected chi connectivity index (χ1v) is 7.05. The maximum absolute atomic E-state index is 5.72. The molecule has 0 atom stereocenters. The summed E-state index contributed by atoms with van der Waals surface area (Å²) >= 11 is 0. The van der Waals surface area contributed by atoms with Gasteiger partial charge in [-0.3, -0.25) is 0 Å². The summed E-state index contributed by atoms with van der Waals surface area (Å²) in [5, 5.41) is 4.48. The van der Waals surface area contributed by atoms with E-state index in [2.05, 4.69) is 36.3 Å². The largest absolute Gasteiger partial charge is 0.377 e. The van der Waals surface area contributed by atoms with Crippen molar-refractivity contribution in [1.82, 2.24) is 4.98 Å². The molecule has 1 N–H and O–H groups in total. The minimum atomic E-state index is 0.625. The van der Waals surface area contributed by atoms with Gasteiger partial charge in [0.15, 0.2) is 0 Å². The molecule has 0 radical (unpaired) electrons. The van der Waals surface area contributed by atoms with Gasteiger partial charge >= 0.3 is 0 Å². The van der Waals surface area contributed by atoms with Crippen molar-refractivity contribution >= 4 is 16.7 Å². The topological polar surface area (TPSA) is 34.1 Å². The van der Waals surface area contributed by atoms with Crippen molar-refractivity contribution in [2.45, 2.75) is 33.3 Å². The number of unbranched alkanes of at least 4 members (excludes halogenated alkanes) is 1. The van der Waals surface area contributed by atoms with E-state index in [9.17, 15) is 0 Å². The molecule has 3 heteroatoms. The van der Waals surface area contributed by atoms with E-state index in [0.29, 0.717) is 6.61 Å². The molecular weight excluding hydrogens is 236 g/mol. The number of pyridine rings is 1. The first kappa shape index (κ1) is 13.8. The zero-order chi connectivity index (χ0) is 13.5. The number of nitrogens with one attached hydrogen (secondary N) is 1. The average molecular weight is 258 g/mol. The van der Waals surface area contributed by atoms with Crippen molar-refractivity contribution in [2.75, 3.05) is 18.5 Å². The number of hydrogen-bond acceptors (Lipinski definition) is 3. The van der Waals surface area contributed by atoms with Crippen LogP contribution in [0.15, 0.2) is 30.3 Å². The number of aromatic nitrogens is 1. The van der Waals surface area contributed by atoms with Crippen LogP contribution in [-0.4, -0.2) is 18.1 Å². The van der Waals surface area contributed by atoms with Gasteiger partial charge in [0.1, 0.15) is 5.82 Å². The molecule has 0 saturated carbocycles. The minimum Gasteiger partial charge on any atom is -0.377 e. The van der Waals surface area contributed by atoms with Crippen molar-refractivity contribution < 1.29 is 4.74 Å². The summed E-state index contributed by atoms with van der Waals surface area (Å²) in [6.45, 7) is 6.56. The van der Waals surface area contributed by atoms with Gasteiger partial charge in [-0.05, 0) is 25.5 Å². The lowest BCUT2D eigenvalue weighted by atomic mass is 10.1. The summed E-state index contributed by atoms with van der Waals surface area (Å²) in [6, 6.07) is 10.4. The van der Waals surface area contributed by atoms with Crippen molar-refractivity contribution in [1.29, 1.82) is 0 Å². The highest BCUT2D eigenvalue weighted by molar-refractivity contribution is 5.81. The van der Waals surface area contributed by atoms with Crippen LogP contribution < -0.4 is 5.32 Å². The molecule has 2 aromatic rings. The zero-order valence-electron chi connectivity index (χ0n) is 11.8. The highest BCUT2D eigenvalue weighted by atomic mass is 16.5. The Morgan fingerprint density at radius 2 is 2.05 bits per heavy atom. The molecule has 1 aromatic carbocycles. The van der Waals surface area contributed by atoms with Gasteiger partial charge in [-0.2, -0.15) is 0 Å². The Morgan fingerprint density at radius 3 is 2.84 bits per heavy atom. The van der Waals surface area contributed by atoms with E-state index < -0.39 is 0 Å². The van der Waals surface area contributed by atoms with Gasteiger partial charge in [-0.15, -0.1) is 0 Å². The zero-order valence-corrected chi connectivity index (χ0v) is 11.8. The highest BCUT2D eigenvalue weighted by Gasteiger charge is 2.06. The number of ether oxygens (including phenoxy) is 1. The molecule has 0 unspecified atom stereocenters. The van der Waals surface area contributed by atoms with Gasteiger partial charge in [0, 0.05) is 24.1 Å². The lowest BCUT2D eigenvalue weighted by molar-refractivity contribution is 0.118. The minimum absolute atomic E-state index is 0.625. The van der Waals surface area contributed by atoms with Crippen LogP contribution in [0.1, 0.15) is 32.3 Å². The predicted molar refractivity (Wildman–Crippen MR) is 80.5 cm³/mol. The van der Waals surface area contributed by atoms with E-state index in [1.54, 1.807) is 0 Å². The molecule has 0 saturated heterocycles. The number of para-hydroxylation sites is 1. The van der Waals surface area contributed by atoms with Crippen LogP contribution in [0.5, 0.6) is 0 Å². The van der Waals surface area contributed by atoms with Gasteiger partial charge < -0.3 is 10.1 Å². The van der Waals surface area contributed by atoms with E-state index in [-0.39, 0.29) is 0 Å². The molecule has 0 bridgehead atoms. The van der Waals surface area contributed by atoms with E-state index in [0.717, 1.165) is 42.9 Å². The summed E-state index contributed by atoms with van der Waals surface area (Å²) in [5.74, 6) is 0.942. The Bertz CT molecular complexity index is 525. The molecule has 0 fully saturated rings. The molecule has 3 nitrogen and oxygen atoms in total.